The van der Waals surface area contributed by atoms with E-state index >= 15 is 0 Å². The van der Waals surface area contributed by atoms with E-state index in [-0.39, 0.29) is 18.6 Å². The molecule has 0 radical (unpaired) electrons. The maximum Gasteiger partial charge on any atom is 0.325 e. The van der Waals surface area contributed by atoms with Crippen molar-refractivity contribution in [2.24, 2.45) is 0 Å². The molecule has 0 spiro atoms. The molecule has 1 aromatic rings. The third-order valence-corrected chi connectivity index (χ3v) is 1.64. The van der Waals surface area contributed by atoms with E-state index in [1.165, 1.54) is 13.4 Å². The molecule has 6 heteroatoms. The van der Waals surface area contributed by atoms with E-state index in [1.54, 1.807) is 6.07 Å². The van der Waals surface area contributed by atoms with Crippen molar-refractivity contribution in [2.45, 2.75) is 20.0 Å². The molecule has 0 fully saturated rings. The molecule has 0 aliphatic rings. The van der Waals surface area contributed by atoms with Crippen LogP contribution in [0, 0.1) is 0 Å². The van der Waals surface area contributed by atoms with Gasteiger partial charge < -0.3 is 14.8 Å². The van der Waals surface area contributed by atoms with Gasteiger partial charge in [0.1, 0.15) is 18.7 Å². The van der Waals surface area contributed by atoms with Gasteiger partial charge in [-0.25, -0.2) is 9.97 Å². The number of anilines is 1. The Morgan fingerprint density at radius 2 is 2.25 bits per heavy atom. The zero-order valence-corrected chi connectivity index (χ0v) is 9.56. The molecule has 1 rings (SSSR count). The normalized spacial score (nSPS) is 10.0. The fraction of sp³-hybridized carbons (Fsp3) is 0.500. The molecule has 16 heavy (non-hydrogen) atoms. The molecule has 0 unspecified atom stereocenters. The first-order valence-electron chi connectivity index (χ1n) is 4.91. The third-order valence-electron chi connectivity index (χ3n) is 1.64. The molecule has 6 nitrogen and oxygen atoms in total. The van der Waals surface area contributed by atoms with Crippen LogP contribution >= 0.6 is 0 Å². The van der Waals surface area contributed by atoms with Crippen molar-refractivity contribution < 1.29 is 14.3 Å². The second kappa shape index (κ2) is 5.89. The topological polar surface area (TPSA) is 73.3 Å². The molecule has 0 saturated heterocycles. The number of ether oxygens (including phenoxy) is 2. The first kappa shape index (κ1) is 12.2. The summed E-state index contributed by atoms with van der Waals surface area (Å²) < 4.78 is 9.87. The van der Waals surface area contributed by atoms with Crippen LogP contribution in [0.3, 0.4) is 0 Å². The Labute approximate surface area is 94.0 Å². The highest BCUT2D eigenvalue weighted by Crippen LogP contribution is 2.11. The molecular formula is C10H15N3O3. The average molecular weight is 225 g/mol. The van der Waals surface area contributed by atoms with Gasteiger partial charge in [0.05, 0.1) is 13.2 Å². The van der Waals surface area contributed by atoms with Crippen molar-refractivity contribution in [2.75, 3.05) is 19.0 Å². The number of methoxy groups -OCH3 is 1. The van der Waals surface area contributed by atoms with Gasteiger partial charge in [0.2, 0.25) is 5.88 Å². The van der Waals surface area contributed by atoms with Crippen LogP contribution in [0.5, 0.6) is 5.88 Å². The van der Waals surface area contributed by atoms with Gasteiger partial charge in [-0.05, 0) is 13.8 Å². The van der Waals surface area contributed by atoms with Crippen LogP contribution in [0.4, 0.5) is 5.82 Å². The van der Waals surface area contributed by atoms with Crippen molar-refractivity contribution in [1.29, 1.82) is 0 Å². The Balaban J connectivity index is 2.56. The van der Waals surface area contributed by atoms with Gasteiger partial charge in [0, 0.05) is 6.07 Å². The van der Waals surface area contributed by atoms with Gasteiger partial charge in [-0.3, -0.25) is 4.79 Å². The Kier molecular flexibility index (Phi) is 4.50. The largest absolute Gasteiger partial charge is 0.475 e. The molecule has 0 aromatic carbocycles. The monoisotopic (exact) mass is 225 g/mol. The summed E-state index contributed by atoms with van der Waals surface area (Å²) in [7, 11) is 1.33. The number of carbonyl (C=O) groups is 1. The number of aromatic nitrogens is 2. The van der Waals surface area contributed by atoms with Crippen molar-refractivity contribution in [3.63, 3.8) is 0 Å². The van der Waals surface area contributed by atoms with E-state index in [4.69, 9.17) is 4.74 Å². The van der Waals surface area contributed by atoms with Crippen LogP contribution in [0.1, 0.15) is 13.8 Å². The van der Waals surface area contributed by atoms with E-state index < -0.39 is 0 Å². The third kappa shape index (κ3) is 4.12. The quantitative estimate of drug-likeness (QED) is 0.749. The number of rotatable bonds is 5. The number of hydrogen-bond acceptors (Lipinski definition) is 6. The van der Waals surface area contributed by atoms with Crippen LogP contribution in [0.15, 0.2) is 12.4 Å². The van der Waals surface area contributed by atoms with Gasteiger partial charge in [0.25, 0.3) is 0 Å². The predicted molar refractivity (Wildman–Crippen MR) is 58.3 cm³/mol. The Hall–Kier alpha value is -1.85. The Morgan fingerprint density at radius 1 is 1.50 bits per heavy atom. The van der Waals surface area contributed by atoms with Gasteiger partial charge in [-0.1, -0.05) is 0 Å². The zero-order chi connectivity index (χ0) is 12.0. The van der Waals surface area contributed by atoms with E-state index in [0.717, 1.165) is 0 Å². The highest BCUT2D eigenvalue weighted by molar-refractivity contribution is 5.74. The lowest BCUT2D eigenvalue weighted by atomic mass is 10.4. The molecule has 0 atom stereocenters. The maximum absolute atomic E-state index is 10.9. The standard InChI is InChI=1S/C10H15N3O3/c1-7(2)16-9-4-8(12-6-13-9)11-5-10(14)15-3/h4,6-7H,5H2,1-3H3,(H,11,12,13). The minimum absolute atomic E-state index is 0.0448. The average Bonchev–Trinajstić information content (AvgIpc) is 2.25. The molecule has 0 amide bonds. The summed E-state index contributed by atoms with van der Waals surface area (Å²) in [6.45, 7) is 3.88. The van der Waals surface area contributed by atoms with Crippen LogP contribution in [-0.2, 0) is 9.53 Å². The minimum Gasteiger partial charge on any atom is -0.475 e. The number of esters is 1. The molecule has 1 heterocycles. The minimum atomic E-state index is -0.357. The Bertz CT molecular complexity index is 355. The fourth-order valence-corrected chi connectivity index (χ4v) is 0.977. The predicted octanol–water partition coefficient (Wildman–Crippen LogP) is 0.849. The lowest BCUT2D eigenvalue weighted by Gasteiger charge is -2.09. The van der Waals surface area contributed by atoms with Crippen LogP contribution in [0.25, 0.3) is 0 Å². The van der Waals surface area contributed by atoms with Crippen LogP contribution in [0.2, 0.25) is 0 Å². The lowest BCUT2D eigenvalue weighted by Crippen LogP contribution is -2.16. The van der Waals surface area contributed by atoms with Crippen molar-refractivity contribution in [1.82, 2.24) is 9.97 Å². The smallest absolute Gasteiger partial charge is 0.325 e. The summed E-state index contributed by atoms with van der Waals surface area (Å²) in [5.41, 5.74) is 0. The first-order chi connectivity index (χ1) is 7.61. The molecule has 1 N–H and O–H groups in total. The van der Waals surface area contributed by atoms with Gasteiger partial charge in [-0.15, -0.1) is 0 Å². The van der Waals surface area contributed by atoms with Crippen LogP contribution in [-0.4, -0.2) is 35.7 Å². The Morgan fingerprint density at radius 3 is 2.88 bits per heavy atom. The molecular weight excluding hydrogens is 210 g/mol. The maximum atomic E-state index is 10.9. The summed E-state index contributed by atoms with van der Waals surface area (Å²) in [6, 6.07) is 1.63. The van der Waals surface area contributed by atoms with Gasteiger partial charge >= 0.3 is 5.97 Å². The summed E-state index contributed by atoms with van der Waals surface area (Å²) >= 11 is 0. The van der Waals surface area contributed by atoms with Gasteiger partial charge in [0.15, 0.2) is 0 Å². The van der Waals surface area contributed by atoms with E-state index in [0.29, 0.717) is 11.7 Å². The second-order valence-electron chi connectivity index (χ2n) is 3.34. The number of hydrogen-bond donors (Lipinski definition) is 1. The number of carbonyl (C=O) groups excluding carboxylic acids is 1. The summed E-state index contributed by atoms with van der Waals surface area (Å²) in [4.78, 5) is 18.8. The van der Waals surface area contributed by atoms with E-state index in [2.05, 4.69) is 20.0 Å². The highest BCUT2D eigenvalue weighted by atomic mass is 16.5. The van der Waals surface area contributed by atoms with Gasteiger partial charge in [-0.2, -0.15) is 0 Å². The highest BCUT2D eigenvalue weighted by Gasteiger charge is 2.04. The summed E-state index contributed by atoms with van der Waals surface area (Å²) in [5, 5.41) is 2.80. The molecule has 88 valence electrons. The molecule has 0 aliphatic heterocycles. The molecule has 0 aliphatic carbocycles. The second-order valence-corrected chi connectivity index (χ2v) is 3.34. The van der Waals surface area contributed by atoms with Crippen LogP contribution < -0.4 is 10.1 Å². The van der Waals surface area contributed by atoms with Crippen molar-refractivity contribution in [3.8, 4) is 5.88 Å². The fourth-order valence-electron chi connectivity index (χ4n) is 0.977. The van der Waals surface area contributed by atoms with E-state index in [1.807, 2.05) is 13.8 Å². The number of nitrogens with zero attached hydrogens (tertiary/aromatic N) is 2. The summed E-state index contributed by atoms with van der Waals surface area (Å²) in [6.07, 6.45) is 1.42. The lowest BCUT2D eigenvalue weighted by molar-refractivity contribution is -0.138. The molecule has 1 aromatic heterocycles. The zero-order valence-electron chi connectivity index (χ0n) is 9.56. The molecule has 0 saturated carbocycles. The summed E-state index contributed by atoms with van der Waals surface area (Å²) in [5.74, 6) is 0.637. The van der Waals surface area contributed by atoms with E-state index in [9.17, 15) is 4.79 Å². The van der Waals surface area contributed by atoms with Crippen molar-refractivity contribution in [3.05, 3.63) is 12.4 Å². The van der Waals surface area contributed by atoms with Crippen molar-refractivity contribution >= 4 is 11.8 Å². The first-order valence-corrected chi connectivity index (χ1v) is 4.91. The number of nitrogens with one attached hydrogen (secondary N) is 1. The molecule has 0 bridgehead atoms. The SMILES string of the molecule is COC(=O)CNc1cc(OC(C)C)ncn1.